The van der Waals surface area contributed by atoms with Gasteiger partial charge in [-0.15, -0.1) is 0 Å². The highest BCUT2D eigenvalue weighted by Crippen LogP contribution is 2.34. The molecule has 5 nitrogen and oxygen atoms in total. The maximum Gasteiger partial charge on any atom is 0.254 e. The van der Waals surface area contributed by atoms with Crippen molar-refractivity contribution in [3.63, 3.8) is 0 Å². The van der Waals surface area contributed by atoms with Crippen LogP contribution in [0.15, 0.2) is 54.6 Å². The number of hydrogen-bond donors (Lipinski definition) is 1. The third kappa shape index (κ3) is 5.18. The molecule has 0 aliphatic carbocycles. The molecule has 2 unspecified atom stereocenters. The van der Waals surface area contributed by atoms with Gasteiger partial charge in [0, 0.05) is 29.8 Å². The van der Waals surface area contributed by atoms with Gasteiger partial charge in [0.1, 0.15) is 0 Å². The number of carbonyl (C=O) groups is 1. The maximum atomic E-state index is 13.3. The predicted octanol–water partition coefficient (Wildman–Crippen LogP) is 4.64. The van der Waals surface area contributed by atoms with Gasteiger partial charge in [0.05, 0.1) is 5.75 Å². The quantitative estimate of drug-likeness (QED) is 0.684. The number of nitrogens with zero attached hydrogens (tertiary/aromatic N) is 1. The highest BCUT2D eigenvalue weighted by atomic mass is 32.2. The molecule has 2 aromatic rings. The number of sulfonamides is 1. The number of rotatable bonds is 8. The number of carbonyl (C=O) groups excluding carboxylic acids is 1. The largest absolute Gasteiger partial charge is 0.335 e. The van der Waals surface area contributed by atoms with Crippen LogP contribution in [0.3, 0.4) is 0 Å². The van der Waals surface area contributed by atoms with Crippen LogP contribution in [0.4, 0.5) is 5.69 Å². The Morgan fingerprint density at radius 1 is 1.14 bits per heavy atom. The van der Waals surface area contributed by atoms with Crippen LogP contribution in [0.1, 0.15) is 61.4 Å². The summed E-state index contributed by atoms with van der Waals surface area (Å²) in [6.45, 7) is 4.73. The Bertz CT molecular complexity index is 928. The molecule has 1 saturated heterocycles. The second-order valence-electron chi connectivity index (χ2n) is 7.64. The summed E-state index contributed by atoms with van der Waals surface area (Å²) in [5.74, 6) is 0.335. The summed E-state index contributed by atoms with van der Waals surface area (Å²) in [7, 11) is -3.39. The van der Waals surface area contributed by atoms with Gasteiger partial charge in [-0.1, -0.05) is 50.2 Å². The summed E-state index contributed by atoms with van der Waals surface area (Å²) in [6, 6.07) is 17.4. The van der Waals surface area contributed by atoms with Gasteiger partial charge in [-0.05, 0) is 49.4 Å². The van der Waals surface area contributed by atoms with E-state index in [1.807, 2.05) is 30.0 Å². The van der Waals surface area contributed by atoms with Crippen LogP contribution < -0.4 is 4.72 Å². The monoisotopic (exact) mass is 414 g/mol. The molecular weight excluding hydrogens is 384 g/mol. The molecule has 0 radical (unpaired) electrons. The number of anilines is 1. The SMILES string of the molecule is CCCS(=O)(=O)Nc1cccc(C(=O)N2CCCC2C(CC)c2ccccc2)c1. The van der Waals surface area contributed by atoms with Crippen LogP contribution in [0, 0.1) is 0 Å². The van der Waals surface area contributed by atoms with Crippen molar-refractivity contribution in [1.29, 1.82) is 0 Å². The summed E-state index contributed by atoms with van der Waals surface area (Å²) in [5, 5.41) is 0. The molecule has 0 spiro atoms. The van der Waals surface area contributed by atoms with Gasteiger partial charge in [0.2, 0.25) is 10.0 Å². The van der Waals surface area contributed by atoms with Gasteiger partial charge in [0.15, 0.2) is 0 Å². The minimum atomic E-state index is -3.39. The van der Waals surface area contributed by atoms with E-state index in [4.69, 9.17) is 0 Å². The first kappa shape index (κ1) is 21.4. The van der Waals surface area contributed by atoms with Crippen LogP contribution in [-0.4, -0.2) is 37.6 Å². The maximum absolute atomic E-state index is 13.3. The average Bonchev–Trinajstić information content (AvgIpc) is 3.18. The highest BCUT2D eigenvalue weighted by molar-refractivity contribution is 7.92. The van der Waals surface area contributed by atoms with Crippen molar-refractivity contribution in [1.82, 2.24) is 4.90 Å². The molecule has 0 bridgehead atoms. The Hall–Kier alpha value is -2.34. The van der Waals surface area contributed by atoms with E-state index in [0.717, 1.165) is 25.8 Å². The third-order valence-electron chi connectivity index (χ3n) is 5.55. The Kier molecular flexibility index (Phi) is 6.96. The fourth-order valence-corrected chi connectivity index (χ4v) is 5.40. The van der Waals surface area contributed by atoms with Crippen molar-refractivity contribution in [2.24, 2.45) is 0 Å². The fraction of sp³-hybridized carbons (Fsp3) is 0.435. The second-order valence-corrected chi connectivity index (χ2v) is 9.48. The molecule has 1 N–H and O–H groups in total. The molecule has 1 heterocycles. The summed E-state index contributed by atoms with van der Waals surface area (Å²) in [4.78, 5) is 15.3. The molecule has 0 saturated carbocycles. The lowest BCUT2D eigenvalue weighted by Crippen LogP contribution is -2.39. The Labute approximate surface area is 174 Å². The predicted molar refractivity (Wildman–Crippen MR) is 118 cm³/mol. The average molecular weight is 415 g/mol. The van der Waals surface area contributed by atoms with Crippen molar-refractivity contribution in [3.8, 4) is 0 Å². The molecule has 1 aliphatic rings. The Morgan fingerprint density at radius 3 is 2.59 bits per heavy atom. The summed E-state index contributed by atoms with van der Waals surface area (Å²) in [5.41, 5.74) is 2.23. The van der Waals surface area contributed by atoms with Gasteiger partial charge in [-0.3, -0.25) is 9.52 Å². The van der Waals surface area contributed by atoms with Crippen LogP contribution in [-0.2, 0) is 10.0 Å². The van der Waals surface area contributed by atoms with Gasteiger partial charge < -0.3 is 4.90 Å². The Morgan fingerprint density at radius 2 is 1.90 bits per heavy atom. The molecule has 29 heavy (non-hydrogen) atoms. The van der Waals surface area contributed by atoms with Gasteiger partial charge >= 0.3 is 0 Å². The normalized spacial score (nSPS) is 17.9. The Balaban J connectivity index is 1.81. The molecule has 6 heteroatoms. The van der Waals surface area contributed by atoms with E-state index in [1.165, 1.54) is 5.56 Å². The fourth-order valence-electron chi connectivity index (χ4n) is 4.27. The molecule has 2 atom stereocenters. The van der Waals surface area contributed by atoms with E-state index in [1.54, 1.807) is 24.3 Å². The zero-order valence-corrected chi connectivity index (χ0v) is 18.0. The van der Waals surface area contributed by atoms with Crippen molar-refractivity contribution in [3.05, 3.63) is 65.7 Å². The van der Waals surface area contributed by atoms with Gasteiger partial charge in [-0.25, -0.2) is 8.42 Å². The minimum absolute atomic E-state index is 0.0292. The molecule has 1 amide bonds. The van der Waals surface area contributed by atoms with Crippen LogP contribution >= 0.6 is 0 Å². The molecule has 3 rings (SSSR count). The highest BCUT2D eigenvalue weighted by Gasteiger charge is 2.35. The number of likely N-dealkylation sites (tertiary alicyclic amines) is 1. The lowest BCUT2D eigenvalue weighted by molar-refractivity contribution is 0.0714. The summed E-state index contributed by atoms with van der Waals surface area (Å²) in [6.07, 6.45) is 3.49. The number of benzene rings is 2. The zero-order chi connectivity index (χ0) is 20.9. The molecule has 156 valence electrons. The lowest BCUT2D eigenvalue weighted by atomic mass is 9.87. The van der Waals surface area contributed by atoms with E-state index in [2.05, 4.69) is 23.8 Å². The third-order valence-corrected chi connectivity index (χ3v) is 7.04. The van der Waals surface area contributed by atoms with Gasteiger partial charge in [-0.2, -0.15) is 0 Å². The molecule has 1 aliphatic heterocycles. The summed E-state index contributed by atoms with van der Waals surface area (Å²) < 4.78 is 26.7. The first-order valence-corrected chi connectivity index (χ1v) is 12.1. The molecule has 2 aromatic carbocycles. The van der Waals surface area contributed by atoms with E-state index in [9.17, 15) is 13.2 Å². The summed E-state index contributed by atoms with van der Waals surface area (Å²) >= 11 is 0. The standard InChI is InChI=1S/C23H30N2O3S/c1-3-16-29(27,28)24-20-13-8-12-19(17-20)23(26)25-15-9-14-22(25)21(4-2)18-10-6-5-7-11-18/h5-8,10-13,17,21-22,24H,3-4,9,14-16H2,1-2H3. The van der Waals surface area contributed by atoms with E-state index in [-0.39, 0.29) is 17.7 Å². The first-order valence-electron chi connectivity index (χ1n) is 10.4. The van der Waals surface area contributed by atoms with E-state index < -0.39 is 10.0 Å². The number of hydrogen-bond acceptors (Lipinski definition) is 3. The number of amides is 1. The minimum Gasteiger partial charge on any atom is -0.335 e. The second kappa shape index (κ2) is 9.44. The van der Waals surface area contributed by atoms with Crippen molar-refractivity contribution in [2.75, 3.05) is 17.0 Å². The van der Waals surface area contributed by atoms with Crippen LogP contribution in [0.2, 0.25) is 0 Å². The van der Waals surface area contributed by atoms with Crippen LogP contribution in [0.5, 0.6) is 0 Å². The lowest BCUT2D eigenvalue weighted by Gasteiger charge is -2.32. The molecule has 1 fully saturated rings. The van der Waals surface area contributed by atoms with Crippen LogP contribution in [0.25, 0.3) is 0 Å². The first-order chi connectivity index (χ1) is 13.9. The number of nitrogens with one attached hydrogen (secondary N) is 1. The molecule has 0 aromatic heterocycles. The zero-order valence-electron chi connectivity index (χ0n) is 17.2. The molecular formula is C23H30N2O3S. The van der Waals surface area contributed by atoms with E-state index in [0.29, 0.717) is 23.6 Å². The van der Waals surface area contributed by atoms with E-state index >= 15 is 0 Å². The van der Waals surface area contributed by atoms with Crippen molar-refractivity contribution < 1.29 is 13.2 Å². The van der Waals surface area contributed by atoms with Crippen molar-refractivity contribution in [2.45, 2.75) is 51.5 Å². The topological polar surface area (TPSA) is 66.5 Å². The smallest absolute Gasteiger partial charge is 0.254 e. The van der Waals surface area contributed by atoms with Gasteiger partial charge in [0.25, 0.3) is 5.91 Å². The van der Waals surface area contributed by atoms with Crippen molar-refractivity contribution >= 4 is 21.6 Å².